The van der Waals surface area contributed by atoms with Crippen LogP contribution in [0.5, 0.6) is 0 Å². The average molecular weight is 382 g/mol. The van der Waals surface area contributed by atoms with Gasteiger partial charge in [0.2, 0.25) is 5.91 Å². The van der Waals surface area contributed by atoms with Crippen LogP contribution in [0.2, 0.25) is 0 Å². The third-order valence-electron chi connectivity index (χ3n) is 4.48. The fraction of sp³-hybridized carbons (Fsp3) is 0.263. The van der Waals surface area contributed by atoms with Crippen LogP contribution in [-0.4, -0.2) is 46.4 Å². The first-order valence-electron chi connectivity index (χ1n) is 8.59. The SMILES string of the molecule is CC(=O)N1CCO[C@H](c2cc(C(=O)Nc3nccs3)c3ccccc3n2)C1. The lowest BCUT2D eigenvalue weighted by molar-refractivity contribution is -0.136. The Balaban J connectivity index is 1.72. The van der Waals surface area contributed by atoms with Crippen LogP contribution in [0, 0.1) is 0 Å². The average Bonchev–Trinajstić information content (AvgIpc) is 3.20. The maximum atomic E-state index is 12.9. The number of benzene rings is 1. The number of pyridine rings is 1. The summed E-state index contributed by atoms with van der Waals surface area (Å²) in [7, 11) is 0. The highest BCUT2D eigenvalue weighted by molar-refractivity contribution is 7.13. The summed E-state index contributed by atoms with van der Waals surface area (Å²) >= 11 is 1.36. The van der Waals surface area contributed by atoms with E-state index in [1.165, 1.54) is 11.3 Å². The molecule has 27 heavy (non-hydrogen) atoms. The quantitative estimate of drug-likeness (QED) is 0.753. The number of nitrogens with zero attached hydrogens (tertiary/aromatic N) is 3. The summed E-state index contributed by atoms with van der Waals surface area (Å²) in [6.07, 6.45) is 1.28. The second kappa shape index (κ2) is 7.42. The highest BCUT2D eigenvalue weighted by Crippen LogP contribution is 2.27. The lowest BCUT2D eigenvalue weighted by atomic mass is 10.0. The van der Waals surface area contributed by atoms with Gasteiger partial charge in [-0.25, -0.2) is 9.97 Å². The molecular formula is C19H18N4O3S. The van der Waals surface area contributed by atoms with Crippen LogP contribution in [0.15, 0.2) is 41.9 Å². The Labute approximate surface area is 160 Å². The molecule has 0 spiro atoms. The lowest BCUT2D eigenvalue weighted by Crippen LogP contribution is -2.41. The molecule has 1 fully saturated rings. The van der Waals surface area contributed by atoms with E-state index in [1.54, 1.807) is 29.5 Å². The third kappa shape index (κ3) is 3.67. The van der Waals surface area contributed by atoms with Gasteiger partial charge in [0.25, 0.3) is 5.91 Å². The smallest absolute Gasteiger partial charge is 0.258 e. The zero-order valence-electron chi connectivity index (χ0n) is 14.7. The zero-order valence-corrected chi connectivity index (χ0v) is 15.5. The monoisotopic (exact) mass is 382 g/mol. The third-order valence-corrected chi connectivity index (χ3v) is 5.16. The van der Waals surface area contributed by atoms with Gasteiger partial charge in [-0.05, 0) is 12.1 Å². The van der Waals surface area contributed by atoms with Crippen LogP contribution in [0.4, 0.5) is 5.13 Å². The van der Waals surface area contributed by atoms with Crippen molar-refractivity contribution in [2.75, 3.05) is 25.0 Å². The van der Waals surface area contributed by atoms with Crippen LogP contribution >= 0.6 is 11.3 Å². The summed E-state index contributed by atoms with van der Waals surface area (Å²) in [5.41, 5.74) is 1.86. The highest BCUT2D eigenvalue weighted by Gasteiger charge is 2.26. The molecule has 138 valence electrons. The molecule has 0 saturated carbocycles. The maximum Gasteiger partial charge on any atom is 0.258 e. The summed E-state index contributed by atoms with van der Waals surface area (Å²) in [6, 6.07) is 9.24. The fourth-order valence-corrected chi connectivity index (χ4v) is 3.64. The Morgan fingerprint density at radius 1 is 1.33 bits per heavy atom. The Bertz CT molecular complexity index is 990. The van der Waals surface area contributed by atoms with Gasteiger partial charge < -0.3 is 9.64 Å². The summed E-state index contributed by atoms with van der Waals surface area (Å²) in [5.74, 6) is -0.241. The number of fused-ring (bicyclic) bond motifs is 1. The van der Waals surface area contributed by atoms with Crippen molar-refractivity contribution in [1.82, 2.24) is 14.9 Å². The molecule has 0 aliphatic carbocycles. The van der Waals surface area contributed by atoms with Crippen LogP contribution in [0.3, 0.4) is 0 Å². The number of hydrogen-bond acceptors (Lipinski definition) is 6. The Hall–Kier alpha value is -2.84. The molecule has 1 N–H and O–H groups in total. The molecule has 1 atom stereocenters. The minimum Gasteiger partial charge on any atom is -0.368 e. The molecule has 8 heteroatoms. The van der Waals surface area contributed by atoms with Gasteiger partial charge in [0.1, 0.15) is 6.10 Å². The van der Waals surface area contributed by atoms with E-state index < -0.39 is 0 Å². The van der Waals surface area contributed by atoms with Crippen molar-refractivity contribution in [2.45, 2.75) is 13.0 Å². The fourth-order valence-electron chi connectivity index (χ4n) is 3.11. The predicted octanol–water partition coefficient (Wildman–Crippen LogP) is 2.86. The normalized spacial score (nSPS) is 17.1. The van der Waals surface area contributed by atoms with Crippen molar-refractivity contribution in [2.24, 2.45) is 0 Å². The number of nitrogens with one attached hydrogen (secondary N) is 1. The molecule has 1 saturated heterocycles. The number of morpholine rings is 1. The van der Waals surface area contributed by atoms with E-state index >= 15 is 0 Å². The van der Waals surface area contributed by atoms with Crippen molar-refractivity contribution in [1.29, 1.82) is 0 Å². The number of carbonyl (C=O) groups is 2. The van der Waals surface area contributed by atoms with E-state index in [-0.39, 0.29) is 17.9 Å². The number of ether oxygens (including phenoxy) is 1. The van der Waals surface area contributed by atoms with Crippen molar-refractivity contribution < 1.29 is 14.3 Å². The maximum absolute atomic E-state index is 12.9. The second-order valence-corrected chi connectivity index (χ2v) is 7.12. The number of amides is 2. The molecule has 7 nitrogen and oxygen atoms in total. The minimum absolute atomic E-state index is 0.00539. The molecule has 3 aromatic rings. The molecule has 2 amide bonds. The van der Waals surface area contributed by atoms with E-state index in [0.717, 1.165) is 5.39 Å². The zero-order chi connectivity index (χ0) is 18.8. The molecule has 1 aromatic carbocycles. The number of aromatic nitrogens is 2. The Morgan fingerprint density at radius 2 is 2.19 bits per heavy atom. The lowest BCUT2D eigenvalue weighted by Gasteiger charge is -2.32. The Morgan fingerprint density at radius 3 is 2.96 bits per heavy atom. The molecule has 1 aliphatic rings. The largest absolute Gasteiger partial charge is 0.368 e. The molecule has 3 heterocycles. The van der Waals surface area contributed by atoms with Gasteiger partial charge in [-0.3, -0.25) is 14.9 Å². The van der Waals surface area contributed by atoms with E-state index in [9.17, 15) is 9.59 Å². The van der Waals surface area contributed by atoms with Gasteiger partial charge in [0.15, 0.2) is 5.13 Å². The van der Waals surface area contributed by atoms with Crippen LogP contribution in [-0.2, 0) is 9.53 Å². The predicted molar refractivity (Wildman–Crippen MR) is 103 cm³/mol. The standard InChI is InChI=1S/C19H18N4O3S/c1-12(24)23-7-8-26-17(11-23)16-10-14(13-4-2-3-5-15(13)21-16)18(25)22-19-20-6-9-27-19/h2-6,9-10,17H,7-8,11H2,1H3,(H,20,22,25)/t17-/m0/s1. The summed E-state index contributed by atoms with van der Waals surface area (Å²) in [6.45, 7) is 2.98. The molecule has 2 aromatic heterocycles. The van der Waals surface area contributed by atoms with Crippen LogP contribution < -0.4 is 5.32 Å². The van der Waals surface area contributed by atoms with E-state index in [2.05, 4.69) is 15.3 Å². The van der Waals surface area contributed by atoms with E-state index in [1.807, 2.05) is 24.3 Å². The number of rotatable bonds is 3. The van der Waals surface area contributed by atoms with Crippen molar-refractivity contribution in [3.05, 3.63) is 53.2 Å². The van der Waals surface area contributed by atoms with E-state index in [4.69, 9.17) is 4.74 Å². The van der Waals surface area contributed by atoms with Gasteiger partial charge >= 0.3 is 0 Å². The van der Waals surface area contributed by atoms with Crippen LogP contribution in [0.1, 0.15) is 29.1 Å². The Kier molecular flexibility index (Phi) is 4.83. The van der Waals surface area contributed by atoms with Gasteiger partial charge in [-0.2, -0.15) is 0 Å². The number of hydrogen-bond donors (Lipinski definition) is 1. The minimum atomic E-state index is -0.362. The first-order chi connectivity index (χ1) is 13.1. The van der Waals surface area contributed by atoms with Crippen molar-refractivity contribution in [3.63, 3.8) is 0 Å². The molecule has 1 aliphatic heterocycles. The summed E-state index contributed by atoms with van der Waals surface area (Å²) < 4.78 is 5.84. The molecule has 0 radical (unpaired) electrons. The summed E-state index contributed by atoms with van der Waals surface area (Å²) in [5, 5.41) is 5.93. The van der Waals surface area contributed by atoms with Crippen molar-refractivity contribution in [3.8, 4) is 0 Å². The molecule has 0 unspecified atom stereocenters. The first-order valence-corrected chi connectivity index (χ1v) is 9.47. The molecule has 4 rings (SSSR count). The first kappa shape index (κ1) is 17.6. The van der Waals surface area contributed by atoms with Crippen molar-refractivity contribution >= 4 is 39.2 Å². The number of thiazole rings is 1. The van der Waals surface area contributed by atoms with Gasteiger partial charge in [-0.1, -0.05) is 18.2 Å². The number of anilines is 1. The molecule has 0 bridgehead atoms. The van der Waals surface area contributed by atoms with E-state index in [0.29, 0.717) is 41.6 Å². The van der Waals surface area contributed by atoms with Gasteiger partial charge in [0.05, 0.1) is 29.9 Å². The second-order valence-electron chi connectivity index (χ2n) is 6.23. The van der Waals surface area contributed by atoms with Crippen LogP contribution in [0.25, 0.3) is 10.9 Å². The van der Waals surface area contributed by atoms with Gasteiger partial charge in [-0.15, -0.1) is 11.3 Å². The number of para-hydroxylation sites is 1. The summed E-state index contributed by atoms with van der Waals surface area (Å²) in [4.78, 5) is 35.1. The van der Waals surface area contributed by atoms with Gasteiger partial charge in [0, 0.05) is 30.4 Å². The number of carbonyl (C=O) groups excluding carboxylic acids is 2. The highest BCUT2D eigenvalue weighted by atomic mass is 32.1. The topological polar surface area (TPSA) is 84.4 Å². The molecular weight excluding hydrogens is 364 g/mol.